The zero-order valence-corrected chi connectivity index (χ0v) is 16.4. The molecule has 0 saturated heterocycles. The number of rotatable bonds is 9. The maximum atomic E-state index is 12.0. The van der Waals surface area contributed by atoms with E-state index in [-0.39, 0.29) is 29.2 Å². The Bertz CT molecular complexity index is 823. The van der Waals surface area contributed by atoms with E-state index in [0.717, 1.165) is 12.8 Å². The third-order valence-corrected chi connectivity index (χ3v) is 5.63. The van der Waals surface area contributed by atoms with Crippen LogP contribution in [0.3, 0.4) is 0 Å². The zero-order valence-electron chi connectivity index (χ0n) is 14.8. The molecule has 2 rings (SSSR count). The maximum Gasteiger partial charge on any atom is 0.271 e. The molecular weight excluding hydrogens is 390 g/mol. The highest BCUT2D eigenvalue weighted by Crippen LogP contribution is 2.26. The van der Waals surface area contributed by atoms with Crippen molar-refractivity contribution in [3.05, 3.63) is 34.4 Å². The number of nitrogens with zero attached hydrogens (tertiary/aromatic N) is 3. The van der Waals surface area contributed by atoms with E-state index >= 15 is 0 Å². The van der Waals surface area contributed by atoms with E-state index < -0.39 is 4.92 Å². The number of nitro groups is 1. The highest BCUT2D eigenvalue weighted by Gasteiger charge is 2.17. The van der Waals surface area contributed by atoms with Crippen molar-refractivity contribution in [2.45, 2.75) is 31.0 Å². The first kappa shape index (κ1) is 20.8. The summed E-state index contributed by atoms with van der Waals surface area (Å²) in [7, 11) is 0. The first-order valence-corrected chi connectivity index (χ1v) is 10.0. The van der Waals surface area contributed by atoms with Crippen LogP contribution in [0, 0.1) is 16.0 Å². The first-order valence-electron chi connectivity index (χ1n) is 8.24. The predicted octanol–water partition coefficient (Wildman–Crippen LogP) is 3.55. The second-order valence-electron chi connectivity index (χ2n) is 5.52. The van der Waals surface area contributed by atoms with Crippen LogP contribution in [-0.2, 0) is 9.59 Å². The molecule has 0 radical (unpaired) electrons. The quantitative estimate of drug-likeness (QED) is 0.280. The molecule has 0 unspecified atom stereocenters. The molecule has 0 saturated carbocycles. The molecule has 1 heterocycles. The van der Waals surface area contributed by atoms with Crippen molar-refractivity contribution in [1.82, 2.24) is 10.2 Å². The van der Waals surface area contributed by atoms with E-state index in [2.05, 4.69) is 20.8 Å². The Hall–Kier alpha value is -2.53. The molecule has 27 heavy (non-hydrogen) atoms. The predicted molar refractivity (Wildman–Crippen MR) is 105 cm³/mol. The fourth-order valence-corrected chi connectivity index (χ4v) is 3.76. The molecule has 1 aromatic heterocycles. The number of carbonyl (C=O) groups is 2. The molecule has 11 heteroatoms. The van der Waals surface area contributed by atoms with Crippen molar-refractivity contribution < 1.29 is 14.5 Å². The zero-order chi connectivity index (χ0) is 19.8. The number of benzene rings is 1. The number of amides is 2. The van der Waals surface area contributed by atoms with Crippen molar-refractivity contribution in [2.24, 2.45) is 5.92 Å². The van der Waals surface area contributed by atoms with Crippen LogP contribution in [0.5, 0.6) is 0 Å². The first-order chi connectivity index (χ1) is 12.9. The van der Waals surface area contributed by atoms with Crippen LogP contribution in [0.25, 0.3) is 0 Å². The van der Waals surface area contributed by atoms with Gasteiger partial charge in [0.2, 0.25) is 16.9 Å². The molecule has 1 aromatic carbocycles. The minimum absolute atomic E-state index is 0.0642. The SMILES string of the molecule is CCC(CC)C(=O)Nc1nnc(SCC(=O)Nc2cccc([N+](=O)[O-])c2)s1. The van der Waals surface area contributed by atoms with Crippen LogP contribution in [-0.4, -0.2) is 32.7 Å². The number of thioether (sulfide) groups is 1. The Morgan fingerprint density at radius 1 is 1.26 bits per heavy atom. The second kappa shape index (κ2) is 9.97. The number of non-ortho nitro benzene ring substituents is 1. The summed E-state index contributed by atoms with van der Waals surface area (Å²) in [6.07, 6.45) is 1.50. The third-order valence-electron chi connectivity index (χ3n) is 3.66. The van der Waals surface area contributed by atoms with Crippen LogP contribution in [0.2, 0.25) is 0 Å². The van der Waals surface area contributed by atoms with Gasteiger partial charge in [-0.1, -0.05) is 43.0 Å². The van der Waals surface area contributed by atoms with E-state index in [1.807, 2.05) is 13.8 Å². The van der Waals surface area contributed by atoms with Gasteiger partial charge in [-0.3, -0.25) is 19.7 Å². The van der Waals surface area contributed by atoms with Gasteiger partial charge in [0.1, 0.15) is 0 Å². The van der Waals surface area contributed by atoms with Crippen molar-refractivity contribution >= 4 is 51.4 Å². The summed E-state index contributed by atoms with van der Waals surface area (Å²) < 4.78 is 0.545. The van der Waals surface area contributed by atoms with Gasteiger partial charge in [-0.15, -0.1) is 10.2 Å². The largest absolute Gasteiger partial charge is 0.325 e. The van der Waals surface area contributed by atoms with E-state index in [9.17, 15) is 19.7 Å². The molecule has 0 fully saturated rings. The van der Waals surface area contributed by atoms with Gasteiger partial charge >= 0.3 is 0 Å². The number of anilines is 2. The maximum absolute atomic E-state index is 12.0. The van der Waals surface area contributed by atoms with Crippen molar-refractivity contribution in [3.63, 3.8) is 0 Å². The molecule has 144 valence electrons. The fourth-order valence-electron chi connectivity index (χ4n) is 2.21. The Morgan fingerprint density at radius 3 is 2.67 bits per heavy atom. The highest BCUT2D eigenvalue weighted by molar-refractivity contribution is 8.01. The molecule has 0 aliphatic rings. The molecule has 2 N–H and O–H groups in total. The molecule has 9 nitrogen and oxygen atoms in total. The van der Waals surface area contributed by atoms with Crippen molar-refractivity contribution in [1.29, 1.82) is 0 Å². The number of nitrogens with one attached hydrogen (secondary N) is 2. The summed E-state index contributed by atoms with van der Waals surface area (Å²) in [6.45, 7) is 3.91. The highest BCUT2D eigenvalue weighted by atomic mass is 32.2. The van der Waals surface area contributed by atoms with Gasteiger partial charge in [-0.2, -0.15) is 0 Å². The van der Waals surface area contributed by atoms with Crippen LogP contribution >= 0.6 is 23.1 Å². The topological polar surface area (TPSA) is 127 Å². The van der Waals surface area contributed by atoms with Gasteiger partial charge in [0.15, 0.2) is 4.34 Å². The van der Waals surface area contributed by atoms with E-state index in [4.69, 9.17) is 0 Å². The number of aromatic nitrogens is 2. The van der Waals surface area contributed by atoms with Crippen molar-refractivity contribution in [3.8, 4) is 0 Å². The van der Waals surface area contributed by atoms with Gasteiger partial charge in [0.05, 0.1) is 10.7 Å². The smallest absolute Gasteiger partial charge is 0.271 e. The molecule has 0 bridgehead atoms. The molecule has 2 aromatic rings. The van der Waals surface area contributed by atoms with Crippen LogP contribution in [0.15, 0.2) is 28.6 Å². The number of hydrogen-bond acceptors (Lipinski definition) is 8. The minimum atomic E-state index is -0.525. The summed E-state index contributed by atoms with van der Waals surface area (Å²) in [5.41, 5.74) is 0.257. The standard InChI is InChI=1S/C16H19N5O4S2/c1-3-10(4-2)14(23)18-15-19-20-16(27-15)26-9-13(22)17-11-6-5-7-12(8-11)21(24)25/h5-8,10H,3-4,9H2,1-2H3,(H,17,22)(H,18,19,23). The molecule has 0 aliphatic carbocycles. The second-order valence-corrected chi connectivity index (χ2v) is 7.72. The molecule has 0 spiro atoms. The average Bonchev–Trinajstić information content (AvgIpc) is 3.08. The Morgan fingerprint density at radius 2 is 2.00 bits per heavy atom. The number of nitro benzene ring substituents is 1. The lowest BCUT2D eigenvalue weighted by molar-refractivity contribution is -0.384. The van der Waals surface area contributed by atoms with Gasteiger partial charge in [-0.25, -0.2) is 0 Å². The fraction of sp³-hybridized carbons (Fsp3) is 0.375. The van der Waals surface area contributed by atoms with Crippen LogP contribution in [0.4, 0.5) is 16.5 Å². The Labute approximate surface area is 164 Å². The average molecular weight is 409 g/mol. The summed E-state index contributed by atoms with van der Waals surface area (Å²) in [4.78, 5) is 34.3. The van der Waals surface area contributed by atoms with Gasteiger partial charge in [0.25, 0.3) is 5.69 Å². The number of hydrogen-bond donors (Lipinski definition) is 2. The van der Waals surface area contributed by atoms with Gasteiger partial charge in [-0.05, 0) is 18.9 Å². The van der Waals surface area contributed by atoms with Crippen molar-refractivity contribution in [2.75, 3.05) is 16.4 Å². The Balaban J connectivity index is 1.85. The summed E-state index contributed by atoms with van der Waals surface area (Å²) in [6, 6.07) is 5.72. The van der Waals surface area contributed by atoms with Crippen LogP contribution in [0.1, 0.15) is 26.7 Å². The van der Waals surface area contributed by atoms with Crippen LogP contribution < -0.4 is 10.6 Å². The van der Waals surface area contributed by atoms with Gasteiger partial charge in [0, 0.05) is 23.7 Å². The lowest BCUT2D eigenvalue weighted by atomic mass is 10.0. The summed E-state index contributed by atoms with van der Waals surface area (Å²) in [5, 5.41) is 24.3. The molecule has 0 atom stereocenters. The molecule has 0 aliphatic heterocycles. The van der Waals surface area contributed by atoms with E-state index in [1.54, 1.807) is 6.07 Å². The summed E-state index contributed by atoms with van der Waals surface area (Å²) >= 11 is 2.37. The van der Waals surface area contributed by atoms with E-state index in [1.165, 1.54) is 41.3 Å². The molecule has 2 amide bonds. The number of carbonyl (C=O) groups excluding carboxylic acids is 2. The monoisotopic (exact) mass is 409 g/mol. The van der Waals surface area contributed by atoms with E-state index in [0.29, 0.717) is 15.2 Å². The normalized spacial score (nSPS) is 10.6. The molecular formula is C16H19N5O4S2. The summed E-state index contributed by atoms with van der Waals surface area (Å²) in [5.74, 6) is -0.405. The van der Waals surface area contributed by atoms with Gasteiger partial charge < -0.3 is 10.6 Å². The lowest BCUT2D eigenvalue weighted by Crippen LogP contribution is -2.21. The minimum Gasteiger partial charge on any atom is -0.325 e. The Kier molecular flexibility index (Phi) is 7.67. The lowest BCUT2D eigenvalue weighted by Gasteiger charge is -2.09. The third kappa shape index (κ3) is 6.29.